The van der Waals surface area contributed by atoms with Crippen LogP contribution in [-0.4, -0.2) is 30.0 Å². The highest BCUT2D eigenvalue weighted by Crippen LogP contribution is 2.10. The molecule has 0 bridgehead atoms. The first-order chi connectivity index (χ1) is 12.1. The zero-order valence-corrected chi connectivity index (χ0v) is 16.1. The van der Waals surface area contributed by atoms with E-state index in [2.05, 4.69) is 19.1 Å². The normalized spacial score (nSPS) is 13.9. The molecule has 148 valence electrons. The van der Waals surface area contributed by atoms with Gasteiger partial charge in [0, 0.05) is 13.0 Å². The Morgan fingerprint density at radius 2 is 1.72 bits per heavy atom. The van der Waals surface area contributed by atoms with Crippen molar-refractivity contribution in [3.8, 4) is 0 Å². The molecule has 0 aromatic rings. The van der Waals surface area contributed by atoms with Crippen LogP contribution in [0.1, 0.15) is 90.4 Å². The van der Waals surface area contributed by atoms with Crippen molar-refractivity contribution in [1.82, 2.24) is 0 Å². The van der Waals surface area contributed by atoms with Gasteiger partial charge in [0.25, 0.3) is 0 Å². The number of rotatable bonds is 17. The molecule has 0 aliphatic carbocycles. The molecule has 0 aromatic carbocycles. The van der Waals surface area contributed by atoms with E-state index in [1.807, 2.05) is 0 Å². The van der Waals surface area contributed by atoms with Crippen LogP contribution in [0.25, 0.3) is 0 Å². The molecule has 0 aliphatic rings. The summed E-state index contributed by atoms with van der Waals surface area (Å²) in [5, 5.41) is 9.86. The van der Waals surface area contributed by atoms with Crippen LogP contribution in [0.5, 0.6) is 0 Å². The largest absolute Gasteiger partial charge is 0.445 e. The Bertz CT molecular complexity index is 335. The third-order valence-corrected chi connectivity index (χ3v) is 4.23. The molecule has 0 fully saturated rings. The first kappa shape index (κ1) is 24.1. The molecule has 0 spiro atoms. The van der Waals surface area contributed by atoms with Gasteiger partial charge >= 0.3 is 5.97 Å². The van der Waals surface area contributed by atoms with Crippen molar-refractivity contribution in [2.24, 2.45) is 11.5 Å². The van der Waals surface area contributed by atoms with Gasteiger partial charge in [-0.15, -0.1) is 0 Å². The SMILES string of the molecule is CCCCCCC(O)C/C=C\CCCCCCCC(=O)OC(N)CN. The fraction of sp³-hybridized carbons (Fsp3) is 0.850. The van der Waals surface area contributed by atoms with Crippen LogP contribution in [-0.2, 0) is 9.53 Å². The van der Waals surface area contributed by atoms with Crippen LogP contribution < -0.4 is 11.5 Å². The van der Waals surface area contributed by atoms with Crippen molar-refractivity contribution in [3.63, 3.8) is 0 Å². The van der Waals surface area contributed by atoms with Crippen molar-refractivity contribution >= 4 is 5.97 Å². The van der Waals surface area contributed by atoms with Crippen molar-refractivity contribution in [1.29, 1.82) is 0 Å². The summed E-state index contributed by atoms with van der Waals surface area (Å²) in [6.07, 6.45) is 16.8. The number of hydrogen-bond acceptors (Lipinski definition) is 5. The lowest BCUT2D eigenvalue weighted by atomic mass is 10.1. The van der Waals surface area contributed by atoms with E-state index < -0.39 is 6.23 Å². The molecule has 5 heteroatoms. The van der Waals surface area contributed by atoms with Crippen molar-refractivity contribution < 1.29 is 14.6 Å². The van der Waals surface area contributed by atoms with Crippen LogP contribution in [0.2, 0.25) is 0 Å². The minimum atomic E-state index is -0.672. The summed E-state index contributed by atoms with van der Waals surface area (Å²) < 4.78 is 4.91. The van der Waals surface area contributed by atoms with E-state index in [1.165, 1.54) is 25.7 Å². The second-order valence-corrected chi connectivity index (χ2v) is 6.78. The van der Waals surface area contributed by atoms with Gasteiger partial charge in [-0.2, -0.15) is 0 Å². The van der Waals surface area contributed by atoms with E-state index in [0.29, 0.717) is 6.42 Å². The summed E-state index contributed by atoms with van der Waals surface area (Å²) in [5.74, 6) is -0.255. The standard InChI is InChI=1S/C20H40N2O3/c1-2-3-4-11-14-18(23)15-12-9-7-5-6-8-10-13-16-20(24)25-19(22)17-21/h9,12,18-19,23H,2-8,10-11,13-17,21-22H2,1H3/b12-9-. The third-order valence-electron chi connectivity index (χ3n) is 4.23. The van der Waals surface area contributed by atoms with Crippen LogP contribution in [0.3, 0.4) is 0 Å². The number of carbonyl (C=O) groups excluding carboxylic acids is 1. The van der Waals surface area contributed by atoms with Crippen molar-refractivity contribution in [3.05, 3.63) is 12.2 Å². The number of esters is 1. The van der Waals surface area contributed by atoms with E-state index in [9.17, 15) is 9.90 Å². The fourth-order valence-electron chi connectivity index (χ4n) is 2.63. The van der Waals surface area contributed by atoms with Gasteiger partial charge in [-0.1, -0.05) is 64.0 Å². The molecule has 2 atom stereocenters. The zero-order chi connectivity index (χ0) is 18.8. The highest BCUT2D eigenvalue weighted by molar-refractivity contribution is 5.69. The number of allylic oxidation sites excluding steroid dienone is 1. The number of nitrogens with two attached hydrogens (primary N) is 2. The van der Waals surface area contributed by atoms with E-state index in [4.69, 9.17) is 16.2 Å². The maximum absolute atomic E-state index is 11.4. The van der Waals surface area contributed by atoms with Crippen LogP contribution in [0.15, 0.2) is 12.2 Å². The smallest absolute Gasteiger partial charge is 0.307 e. The lowest BCUT2D eigenvalue weighted by Crippen LogP contribution is -2.34. The number of unbranched alkanes of at least 4 members (excludes halogenated alkanes) is 8. The maximum atomic E-state index is 11.4. The lowest BCUT2D eigenvalue weighted by molar-refractivity contribution is -0.148. The number of aliphatic hydroxyl groups is 1. The predicted octanol–water partition coefficient (Wildman–Crippen LogP) is 3.78. The Balaban J connectivity index is 3.36. The third kappa shape index (κ3) is 17.7. The average molecular weight is 357 g/mol. The molecule has 5 nitrogen and oxygen atoms in total. The van der Waals surface area contributed by atoms with Gasteiger partial charge in [0.2, 0.25) is 0 Å². The van der Waals surface area contributed by atoms with Gasteiger partial charge in [-0.25, -0.2) is 0 Å². The minimum Gasteiger partial charge on any atom is -0.445 e. The first-order valence-corrected chi connectivity index (χ1v) is 10.1. The van der Waals surface area contributed by atoms with E-state index in [-0.39, 0.29) is 18.6 Å². The Morgan fingerprint density at radius 1 is 1.04 bits per heavy atom. The zero-order valence-electron chi connectivity index (χ0n) is 16.1. The van der Waals surface area contributed by atoms with Crippen LogP contribution in [0.4, 0.5) is 0 Å². The Hall–Kier alpha value is -0.910. The molecule has 25 heavy (non-hydrogen) atoms. The molecule has 0 heterocycles. The van der Waals surface area contributed by atoms with Gasteiger partial charge in [-0.3, -0.25) is 10.5 Å². The fourth-order valence-corrected chi connectivity index (χ4v) is 2.63. The molecule has 0 saturated heterocycles. The first-order valence-electron chi connectivity index (χ1n) is 10.1. The Labute approximate surface area is 154 Å². The number of carbonyl (C=O) groups is 1. The molecule has 0 rings (SSSR count). The highest BCUT2D eigenvalue weighted by Gasteiger charge is 2.07. The monoisotopic (exact) mass is 356 g/mol. The molecule has 2 unspecified atom stereocenters. The molecular weight excluding hydrogens is 316 g/mol. The highest BCUT2D eigenvalue weighted by atomic mass is 16.6. The van der Waals surface area contributed by atoms with Crippen molar-refractivity contribution in [2.75, 3.05) is 6.54 Å². The molecular formula is C20H40N2O3. The molecule has 0 amide bonds. The second-order valence-electron chi connectivity index (χ2n) is 6.78. The van der Waals surface area contributed by atoms with Gasteiger partial charge in [-0.05, 0) is 32.1 Å². The molecule has 0 saturated carbocycles. The topological polar surface area (TPSA) is 98.6 Å². The van der Waals surface area contributed by atoms with E-state index >= 15 is 0 Å². The number of hydrogen-bond donors (Lipinski definition) is 3. The maximum Gasteiger partial charge on any atom is 0.307 e. The average Bonchev–Trinajstić information content (AvgIpc) is 2.60. The minimum absolute atomic E-state index is 0.162. The van der Waals surface area contributed by atoms with Crippen LogP contribution >= 0.6 is 0 Å². The van der Waals surface area contributed by atoms with Crippen molar-refractivity contribution in [2.45, 2.75) is 103 Å². The van der Waals surface area contributed by atoms with Gasteiger partial charge in [0.05, 0.1) is 6.10 Å². The second kappa shape index (κ2) is 17.9. The van der Waals surface area contributed by atoms with Gasteiger partial charge < -0.3 is 15.6 Å². The van der Waals surface area contributed by atoms with Gasteiger partial charge in [0.15, 0.2) is 6.23 Å². The number of ether oxygens (including phenoxy) is 1. The Kier molecular flexibility index (Phi) is 17.2. The molecule has 0 radical (unpaired) electrons. The summed E-state index contributed by atoms with van der Waals surface area (Å²) >= 11 is 0. The van der Waals surface area contributed by atoms with Crippen LogP contribution in [0, 0.1) is 0 Å². The summed E-state index contributed by atoms with van der Waals surface area (Å²) in [5.41, 5.74) is 10.7. The summed E-state index contributed by atoms with van der Waals surface area (Å²) in [7, 11) is 0. The van der Waals surface area contributed by atoms with E-state index in [1.54, 1.807) is 0 Å². The quantitative estimate of drug-likeness (QED) is 0.159. The summed E-state index contributed by atoms with van der Waals surface area (Å²) in [4.78, 5) is 11.4. The van der Waals surface area contributed by atoms with Gasteiger partial charge in [0.1, 0.15) is 0 Å². The molecule has 5 N–H and O–H groups in total. The van der Waals surface area contributed by atoms with E-state index in [0.717, 1.165) is 51.4 Å². The summed E-state index contributed by atoms with van der Waals surface area (Å²) in [6, 6.07) is 0. The molecule has 0 aliphatic heterocycles. The predicted molar refractivity (Wildman–Crippen MR) is 104 cm³/mol. The Morgan fingerprint density at radius 3 is 2.44 bits per heavy atom. The summed E-state index contributed by atoms with van der Waals surface area (Å²) in [6.45, 7) is 2.36. The lowest BCUT2D eigenvalue weighted by Gasteiger charge is -2.10. The molecule has 0 aromatic heterocycles. The number of aliphatic hydroxyl groups excluding tert-OH is 1.